The SMILES string of the molecule is O=C(CSc1ccc2ccccc2c1)N(C1CC1)[C@@H]1CCS(=O)(=O)C1. The van der Waals surface area contributed by atoms with Crippen LogP contribution in [0.2, 0.25) is 0 Å². The van der Waals surface area contributed by atoms with Gasteiger partial charge in [-0.15, -0.1) is 11.8 Å². The van der Waals surface area contributed by atoms with Gasteiger partial charge in [0.1, 0.15) is 0 Å². The van der Waals surface area contributed by atoms with Crippen molar-refractivity contribution in [3.8, 4) is 0 Å². The van der Waals surface area contributed by atoms with Crippen LogP contribution in [0.25, 0.3) is 10.8 Å². The Bertz CT molecular complexity index is 906. The van der Waals surface area contributed by atoms with Crippen LogP contribution in [-0.2, 0) is 14.6 Å². The molecule has 0 bridgehead atoms. The quantitative estimate of drug-likeness (QED) is 0.754. The highest BCUT2D eigenvalue weighted by Crippen LogP contribution is 2.33. The summed E-state index contributed by atoms with van der Waals surface area (Å²) in [4.78, 5) is 15.7. The molecular weight excluding hydrogens is 354 g/mol. The number of rotatable bonds is 5. The first kappa shape index (κ1) is 16.9. The Kier molecular flexibility index (Phi) is 4.50. The zero-order chi connectivity index (χ0) is 17.4. The van der Waals surface area contributed by atoms with Gasteiger partial charge in [0.25, 0.3) is 0 Å². The van der Waals surface area contributed by atoms with E-state index in [1.807, 2.05) is 23.1 Å². The van der Waals surface area contributed by atoms with E-state index < -0.39 is 9.84 Å². The van der Waals surface area contributed by atoms with E-state index in [1.165, 1.54) is 22.5 Å². The van der Waals surface area contributed by atoms with Crippen molar-refractivity contribution in [1.82, 2.24) is 4.90 Å². The van der Waals surface area contributed by atoms with Crippen molar-refractivity contribution in [3.63, 3.8) is 0 Å². The highest BCUT2D eigenvalue weighted by molar-refractivity contribution is 8.00. The lowest BCUT2D eigenvalue weighted by atomic mass is 10.1. The van der Waals surface area contributed by atoms with E-state index in [4.69, 9.17) is 0 Å². The highest BCUT2D eigenvalue weighted by atomic mass is 32.2. The molecule has 1 aliphatic carbocycles. The second-order valence-electron chi connectivity index (χ2n) is 6.89. The molecule has 1 aliphatic heterocycles. The van der Waals surface area contributed by atoms with Gasteiger partial charge in [0.05, 0.1) is 17.3 Å². The standard InChI is InChI=1S/C19H21NO3S2/c21-19(20(16-6-7-16)17-9-10-25(22,23)13-17)12-24-18-8-5-14-3-1-2-4-15(14)11-18/h1-5,8,11,16-17H,6-7,9-10,12-13H2/t17-/m1/s1. The molecule has 2 aromatic rings. The van der Waals surface area contributed by atoms with Crippen LogP contribution >= 0.6 is 11.8 Å². The largest absolute Gasteiger partial charge is 0.335 e. The molecule has 4 rings (SSSR count). The lowest BCUT2D eigenvalue weighted by molar-refractivity contribution is -0.130. The molecule has 0 aromatic heterocycles. The Morgan fingerprint density at radius 1 is 1.04 bits per heavy atom. The van der Waals surface area contributed by atoms with Crippen molar-refractivity contribution in [2.24, 2.45) is 0 Å². The fraction of sp³-hybridized carbons (Fsp3) is 0.421. The van der Waals surface area contributed by atoms with Crippen LogP contribution in [0, 0.1) is 0 Å². The molecule has 0 spiro atoms. The van der Waals surface area contributed by atoms with Gasteiger partial charge in [-0.3, -0.25) is 4.79 Å². The third-order valence-corrected chi connectivity index (χ3v) is 7.64. The molecule has 25 heavy (non-hydrogen) atoms. The first-order chi connectivity index (χ1) is 12.0. The normalized spacial score (nSPS) is 22.2. The number of hydrogen-bond acceptors (Lipinski definition) is 4. The van der Waals surface area contributed by atoms with Gasteiger partial charge in [0, 0.05) is 17.0 Å². The predicted molar refractivity (Wildman–Crippen MR) is 102 cm³/mol. The van der Waals surface area contributed by atoms with Crippen LogP contribution < -0.4 is 0 Å². The summed E-state index contributed by atoms with van der Waals surface area (Å²) in [5.41, 5.74) is 0. The van der Waals surface area contributed by atoms with E-state index >= 15 is 0 Å². The molecule has 1 atom stereocenters. The first-order valence-corrected chi connectivity index (χ1v) is 11.5. The Morgan fingerprint density at radius 2 is 1.80 bits per heavy atom. The van der Waals surface area contributed by atoms with Gasteiger partial charge in [0.15, 0.2) is 9.84 Å². The van der Waals surface area contributed by atoms with Gasteiger partial charge >= 0.3 is 0 Å². The number of fused-ring (bicyclic) bond motifs is 1. The summed E-state index contributed by atoms with van der Waals surface area (Å²) in [5, 5.41) is 2.36. The molecule has 132 valence electrons. The summed E-state index contributed by atoms with van der Waals surface area (Å²) >= 11 is 1.53. The van der Waals surface area contributed by atoms with Crippen LogP contribution in [0.4, 0.5) is 0 Å². The van der Waals surface area contributed by atoms with E-state index in [1.54, 1.807) is 0 Å². The van der Waals surface area contributed by atoms with Crippen LogP contribution in [0.15, 0.2) is 47.4 Å². The minimum Gasteiger partial charge on any atom is -0.335 e. The second kappa shape index (κ2) is 6.65. The van der Waals surface area contributed by atoms with E-state index in [0.717, 1.165) is 17.7 Å². The van der Waals surface area contributed by atoms with Crippen molar-refractivity contribution in [1.29, 1.82) is 0 Å². The van der Waals surface area contributed by atoms with Crippen LogP contribution in [0.5, 0.6) is 0 Å². The molecule has 2 fully saturated rings. The van der Waals surface area contributed by atoms with Crippen LogP contribution in [0.3, 0.4) is 0 Å². The third kappa shape index (κ3) is 3.85. The number of benzene rings is 2. The maximum atomic E-state index is 12.8. The maximum absolute atomic E-state index is 12.8. The highest BCUT2D eigenvalue weighted by Gasteiger charge is 2.41. The molecule has 1 saturated carbocycles. The minimum atomic E-state index is -2.97. The average Bonchev–Trinajstić information content (AvgIpc) is 3.36. The minimum absolute atomic E-state index is 0.0720. The maximum Gasteiger partial charge on any atom is 0.233 e. The monoisotopic (exact) mass is 375 g/mol. The van der Waals surface area contributed by atoms with Crippen molar-refractivity contribution >= 4 is 38.3 Å². The molecule has 4 nitrogen and oxygen atoms in total. The average molecular weight is 376 g/mol. The zero-order valence-electron chi connectivity index (χ0n) is 13.9. The fourth-order valence-corrected chi connectivity index (χ4v) is 6.05. The first-order valence-electron chi connectivity index (χ1n) is 8.65. The van der Waals surface area contributed by atoms with Gasteiger partial charge in [-0.25, -0.2) is 8.42 Å². The number of amides is 1. The number of carbonyl (C=O) groups is 1. The van der Waals surface area contributed by atoms with Crippen LogP contribution in [0.1, 0.15) is 19.3 Å². The summed E-state index contributed by atoms with van der Waals surface area (Å²) < 4.78 is 23.5. The van der Waals surface area contributed by atoms with Gasteiger partial charge in [-0.05, 0) is 42.2 Å². The molecule has 0 N–H and O–H groups in total. The van der Waals surface area contributed by atoms with Gasteiger partial charge < -0.3 is 4.90 Å². The van der Waals surface area contributed by atoms with Gasteiger partial charge in [0.2, 0.25) is 5.91 Å². The fourth-order valence-electron chi connectivity index (χ4n) is 3.53. The molecule has 2 aromatic carbocycles. The number of thioether (sulfide) groups is 1. The van der Waals surface area contributed by atoms with Crippen LogP contribution in [-0.4, -0.2) is 48.6 Å². The Labute approximate surface area is 152 Å². The lowest BCUT2D eigenvalue weighted by Gasteiger charge is -2.28. The lowest BCUT2D eigenvalue weighted by Crippen LogP contribution is -2.43. The molecule has 1 heterocycles. The topological polar surface area (TPSA) is 54.5 Å². The van der Waals surface area contributed by atoms with E-state index in [2.05, 4.69) is 24.3 Å². The summed E-state index contributed by atoms with van der Waals surface area (Å²) in [6, 6.07) is 14.5. The number of carbonyl (C=O) groups excluding carboxylic acids is 1. The van der Waals surface area contributed by atoms with Crippen molar-refractivity contribution in [3.05, 3.63) is 42.5 Å². The Hall–Kier alpha value is -1.53. The second-order valence-corrected chi connectivity index (χ2v) is 10.2. The zero-order valence-corrected chi connectivity index (χ0v) is 15.6. The molecule has 2 aliphatic rings. The van der Waals surface area contributed by atoms with E-state index in [9.17, 15) is 13.2 Å². The summed E-state index contributed by atoms with van der Waals surface area (Å²) in [7, 11) is -2.97. The summed E-state index contributed by atoms with van der Waals surface area (Å²) in [6.07, 6.45) is 2.59. The number of hydrogen-bond donors (Lipinski definition) is 0. The van der Waals surface area contributed by atoms with Gasteiger partial charge in [-0.2, -0.15) is 0 Å². The smallest absolute Gasteiger partial charge is 0.233 e. The summed E-state index contributed by atoms with van der Waals surface area (Å²) in [5.74, 6) is 0.788. The Balaban J connectivity index is 1.44. The molecule has 0 unspecified atom stereocenters. The van der Waals surface area contributed by atoms with Gasteiger partial charge in [-0.1, -0.05) is 30.3 Å². The predicted octanol–water partition coefficient (Wildman–Crippen LogP) is 3.11. The summed E-state index contributed by atoms with van der Waals surface area (Å²) in [6.45, 7) is 0. The van der Waals surface area contributed by atoms with Crippen molar-refractivity contribution in [2.45, 2.75) is 36.2 Å². The molecular formula is C19H21NO3S2. The van der Waals surface area contributed by atoms with E-state index in [0.29, 0.717) is 12.2 Å². The number of nitrogens with zero attached hydrogens (tertiary/aromatic N) is 1. The Morgan fingerprint density at radius 3 is 2.48 bits per heavy atom. The number of sulfone groups is 1. The molecule has 1 amide bonds. The molecule has 6 heteroatoms. The molecule has 0 radical (unpaired) electrons. The molecule has 1 saturated heterocycles. The van der Waals surface area contributed by atoms with E-state index in [-0.39, 0.29) is 29.5 Å². The van der Waals surface area contributed by atoms with Crippen molar-refractivity contribution < 1.29 is 13.2 Å². The third-order valence-electron chi connectivity index (χ3n) is 4.91. The van der Waals surface area contributed by atoms with Crippen molar-refractivity contribution in [2.75, 3.05) is 17.3 Å².